The van der Waals surface area contributed by atoms with Crippen molar-refractivity contribution in [2.45, 2.75) is 12.8 Å². The molecule has 0 bridgehead atoms. The van der Waals surface area contributed by atoms with Gasteiger partial charge in [0, 0.05) is 5.56 Å². The molecular formula is C19H18N2O3. The molecule has 0 saturated carbocycles. The van der Waals surface area contributed by atoms with E-state index in [9.17, 15) is 4.79 Å². The average Bonchev–Trinajstić information content (AvgIpc) is 2.98. The molecule has 5 heteroatoms. The summed E-state index contributed by atoms with van der Waals surface area (Å²) in [7, 11) is 3.24. The van der Waals surface area contributed by atoms with E-state index >= 15 is 0 Å². The Morgan fingerprint density at radius 1 is 1.08 bits per heavy atom. The molecule has 122 valence electrons. The van der Waals surface area contributed by atoms with Crippen molar-refractivity contribution >= 4 is 17.3 Å². The van der Waals surface area contributed by atoms with Gasteiger partial charge in [-0.25, -0.2) is 0 Å². The van der Waals surface area contributed by atoms with Crippen LogP contribution in [0.2, 0.25) is 0 Å². The van der Waals surface area contributed by atoms with E-state index in [1.54, 1.807) is 14.2 Å². The fourth-order valence-electron chi connectivity index (χ4n) is 3.41. The summed E-state index contributed by atoms with van der Waals surface area (Å²) in [6.45, 7) is 0. The van der Waals surface area contributed by atoms with Gasteiger partial charge in [0.2, 0.25) is 0 Å². The van der Waals surface area contributed by atoms with E-state index in [1.165, 1.54) is 5.01 Å². The number of para-hydroxylation sites is 1. The Morgan fingerprint density at radius 2 is 1.79 bits per heavy atom. The number of ether oxygens (including phenoxy) is 2. The lowest BCUT2D eigenvalue weighted by Crippen LogP contribution is -2.30. The maximum absolute atomic E-state index is 12.8. The van der Waals surface area contributed by atoms with E-state index in [2.05, 4.69) is 5.10 Å². The molecule has 1 aliphatic heterocycles. The van der Waals surface area contributed by atoms with Gasteiger partial charge in [-0.1, -0.05) is 18.2 Å². The quantitative estimate of drug-likeness (QED) is 0.873. The Balaban J connectivity index is 1.81. The summed E-state index contributed by atoms with van der Waals surface area (Å²) in [4.78, 5) is 12.8. The number of hydrogen-bond acceptors (Lipinski definition) is 4. The molecule has 0 saturated heterocycles. The minimum absolute atomic E-state index is 0.0386. The number of nitrogens with zero attached hydrogens (tertiary/aromatic N) is 2. The van der Waals surface area contributed by atoms with Crippen LogP contribution in [0, 0.1) is 5.92 Å². The van der Waals surface area contributed by atoms with Crippen molar-refractivity contribution < 1.29 is 14.3 Å². The molecule has 1 amide bonds. The summed E-state index contributed by atoms with van der Waals surface area (Å²) in [5.41, 5.74) is 3.75. The summed E-state index contributed by atoms with van der Waals surface area (Å²) in [6, 6.07) is 13.5. The zero-order chi connectivity index (χ0) is 16.7. The zero-order valence-corrected chi connectivity index (χ0v) is 13.7. The first kappa shape index (κ1) is 14.8. The molecule has 0 N–H and O–H groups in total. The SMILES string of the molecule is COc1cc2c(cc1OC)C1=NN(c3ccccc3)C(=O)[C@@H]1CC2. The minimum Gasteiger partial charge on any atom is -0.493 e. The van der Waals surface area contributed by atoms with Crippen LogP contribution >= 0.6 is 0 Å². The van der Waals surface area contributed by atoms with Crippen LogP contribution in [0.15, 0.2) is 47.6 Å². The zero-order valence-electron chi connectivity index (χ0n) is 13.7. The molecule has 0 fully saturated rings. The van der Waals surface area contributed by atoms with Crippen molar-refractivity contribution in [2.75, 3.05) is 19.2 Å². The highest BCUT2D eigenvalue weighted by atomic mass is 16.5. The van der Waals surface area contributed by atoms with Crippen LogP contribution in [0.5, 0.6) is 11.5 Å². The monoisotopic (exact) mass is 322 g/mol. The number of amides is 1. The number of fused-ring (bicyclic) bond motifs is 3. The molecular weight excluding hydrogens is 304 g/mol. The van der Waals surface area contributed by atoms with E-state index in [1.807, 2.05) is 42.5 Å². The molecule has 1 heterocycles. The van der Waals surface area contributed by atoms with Gasteiger partial charge in [0.25, 0.3) is 5.91 Å². The Morgan fingerprint density at radius 3 is 2.50 bits per heavy atom. The number of hydrazone groups is 1. The number of rotatable bonds is 3. The van der Waals surface area contributed by atoms with Crippen molar-refractivity contribution in [3.8, 4) is 11.5 Å². The molecule has 24 heavy (non-hydrogen) atoms. The van der Waals surface area contributed by atoms with Gasteiger partial charge in [0.1, 0.15) is 0 Å². The van der Waals surface area contributed by atoms with Crippen LogP contribution in [0.3, 0.4) is 0 Å². The summed E-state index contributed by atoms with van der Waals surface area (Å²) >= 11 is 0. The van der Waals surface area contributed by atoms with Crippen LogP contribution in [0.25, 0.3) is 0 Å². The van der Waals surface area contributed by atoms with Crippen molar-refractivity contribution in [1.82, 2.24) is 0 Å². The molecule has 0 unspecified atom stereocenters. The Labute approximate surface area is 140 Å². The largest absolute Gasteiger partial charge is 0.493 e. The first-order valence-corrected chi connectivity index (χ1v) is 7.95. The minimum atomic E-state index is -0.184. The van der Waals surface area contributed by atoms with Gasteiger partial charge in [-0.2, -0.15) is 10.1 Å². The molecule has 2 aliphatic rings. The second-order valence-corrected chi connectivity index (χ2v) is 5.93. The van der Waals surface area contributed by atoms with Gasteiger partial charge in [-0.15, -0.1) is 0 Å². The third kappa shape index (κ3) is 2.16. The van der Waals surface area contributed by atoms with Crippen LogP contribution in [0.4, 0.5) is 5.69 Å². The summed E-state index contributed by atoms with van der Waals surface area (Å²) in [5, 5.41) is 6.16. The molecule has 2 aromatic rings. The fourth-order valence-corrected chi connectivity index (χ4v) is 3.41. The highest BCUT2D eigenvalue weighted by Gasteiger charge is 2.40. The number of benzene rings is 2. The third-order valence-electron chi connectivity index (χ3n) is 4.63. The van der Waals surface area contributed by atoms with Crippen LogP contribution in [-0.4, -0.2) is 25.8 Å². The number of anilines is 1. The summed E-state index contributed by atoms with van der Waals surface area (Å²) in [6.07, 6.45) is 1.59. The number of hydrogen-bond donors (Lipinski definition) is 0. The van der Waals surface area contributed by atoms with Crippen molar-refractivity contribution in [1.29, 1.82) is 0 Å². The van der Waals surface area contributed by atoms with Crippen LogP contribution in [-0.2, 0) is 11.2 Å². The van der Waals surface area contributed by atoms with Gasteiger partial charge < -0.3 is 9.47 Å². The van der Waals surface area contributed by atoms with E-state index < -0.39 is 0 Å². The standard InChI is InChI=1S/C19H18N2O3/c1-23-16-10-12-8-9-14-18(15(12)11-17(16)24-2)20-21(19(14)22)13-6-4-3-5-7-13/h3-7,10-11,14H,8-9H2,1-2H3/t14-/m1/s1. The van der Waals surface area contributed by atoms with Gasteiger partial charge in [-0.05, 0) is 42.7 Å². The molecule has 4 rings (SSSR count). The highest BCUT2D eigenvalue weighted by Crippen LogP contribution is 2.39. The fraction of sp³-hybridized carbons (Fsp3) is 0.263. The lowest BCUT2D eigenvalue weighted by molar-refractivity contribution is -0.119. The molecule has 2 aromatic carbocycles. The smallest absolute Gasteiger partial charge is 0.256 e. The topological polar surface area (TPSA) is 51.1 Å². The first-order chi connectivity index (χ1) is 11.7. The van der Waals surface area contributed by atoms with Crippen molar-refractivity contribution in [3.63, 3.8) is 0 Å². The second kappa shape index (κ2) is 5.67. The molecule has 0 aromatic heterocycles. The molecule has 1 atom stereocenters. The third-order valence-corrected chi connectivity index (χ3v) is 4.63. The van der Waals surface area contributed by atoms with Crippen molar-refractivity contribution in [2.24, 2.45) is 11.0 Å². The Bertz CT molecular complexity index is 830. The highest BCUT2D eigenvalue weighted by molar-refractivity contribution is 6.22. The number of carbonyl (C=O) groups is 1. The Hall–Kier alpha value is -2.82. The predicted molar refractivity (Wildman–Crippen MR) is 91.8 cm³/mol. The summed E-state index contributed by atoms with van der Waals surface area (Å²) in [5.74, 6) is 1.22. The number of aryl methyl sites for hydroxylation is 1. The average molecular weight is 322 g/mol. The summed E-state index contributed by atoms with van der Waals surface area (Å²) < 4.78 is 10.8. The molecule has 5 nitrogen and oxygen atoms in total. The van der Waals surface area contributed by atoms with Crippen molar-refractivity contribution in [3.05, 3.63) is 53.6 Å². The Kier molecular flexibility index (Phi) is 3.49. The van der Waals surface area contributed by atoms with Gasteiger partial charge in [0.05, 0.1) is 31.5 Å². The molecule has 0 radical (unpaired) electrons. The lowest BCUT2D eigenvalue weighted by atomic mass is 9.82. The van der Waals surface area contributed by atoms with Gasteiger partial charge >= 0.3 is 0 Å². The normalized spacial score (nSPS) is 18.8. The predicted octanol–water partition coefficient (Wildman–Crippen LogP) is 3.02. The maximum Gasteiger partial charge on any atom is 0.256 e. The van der Waals surface area contributed by atoms with E-state index in [4.69, 9.17) is 9.47 Å². The van der Waals surface area contributed by atoms with Gasteiger partial charge in [0.15, 0.2) is 11.5 Å². The number of carbonyl (C=O) groups excluding carboxylic acids is 1. The van der Waals surface area contributed by atoms with E-state index in [0.717, 1.165) is 35.4 Å². The van der Waals surface area contributed by atoms with Crippen LogP contribution in [0.1, 0.15) is 17.5 Å². The van der Waals surface area contributed by atoms with Gasteiger partial charge in [-0.3, -0.25) is 4.79 Å². The van der Waals surface area contributed by atoms with E-state index in [-0.39, 0.29) is 11.8 Å². The lowest BCUT2D eigenvalue weighted by Gasteiger charge is -2.22. The van der Waals surface area contributed by atoms with E-state index in [0.29, 0.717) is 11.5 Å². The maximum atomic E-state index is 12.8. The number of methoxy groups -OCH3 is 2. The van der Waals surface area contributed by atoms with Crippen LogP contribution < -0.4 is 14.5 Å². The second-order valence-electron chi connectivity index (χ2n) is 5.93. The molecule has 1 aliphatic carbocycles. The first-order valence-electron chi connectivity index (χ1n) is 7.95. The molecule has 0 spiro atoms.